The van der Waals surface area contributed by atoms with Crippen LogP contribution in [0.3, 0.4) is 0 Å². The van der Waals surface area contributed by atoms with Gasteiger partial charge in [0.1, 0.15) is 0 Å². The molecule has 0 saturated carbocycles. The normalized spacial score (nSPS) is 13.8. The second-order valence-corrected chi connectivity index (χ2v) is 2.12. The third-order valence-corrected chi connectivity index (χ3v) is 1.51. The van der Waals surface area contributed by atoms with Crippen LogP contribution in [-0.2, 0) is 26.5 Å². The predicted molar refractivity (Wildman–Crippen MR) is 58.7 cm³/mol. The van der Waals surface area contributed by atoms with Crippen LogP contribution in [0.15, 0.2) is 17.7 Å². The number of hydrogen-bond donors (Lipinski definition) is 0. The summed E-state index contributed by atoms with van der Waals surface area (Å²) in [5, 5.41) is 0. The minimum absolute atomic E-state index is 0. The zero-order chi connectivity index (χ0) is 6.69. The fourth-order valence-corrected chi connectivity index (χ4v) is 0.828. The van der Waals surface area contributed by atoms with E-state index in [2.05, 4.69) is 18.2 Å². The van der Waals surface area contributed by atoms with Gasteiger partial charge in [-0.25, -0.2) is 6.08 Å². The van der Waals surface area contributed by atoms with Crippen molar-refractivity contribution in [3.8, 4) is 0 Å². The monoisotopic (exact) mass is 279 g/mol. The van der Waals surface area contributed by atoms with Crippen LogP contribution in [0.1, 0.15) is 13.3 Å². The van der Waals surface area contributed by atoms with Gasteiger partial charge in [-0.2, -0.15) is 11.6 Å². The van der Waals surface area contributed by atoms with Crippen molar-refractivity contribution in [3.63, 3.8) is 0 Å². The molecule has 1 aliphatic rings. The van der Waals surface area contributed by atoms with Crippen molar-refractivity contribution in [2.45, 2.75) is 19.4 Å². The Hall–Kier alpha value is 1.02. The summed E-state index contributed by atoms with van der Waals surface area (Å²) >= 11 is 0. The molecular formula is C8H14Cl3OTi-. The van der Waals surface area contributed by atoms with E-state index in [1.807, 2.05) is 6.92 Å². The molecule has 1 unspecified atom stereocenters. The van der Waals surface area contributed by atoms with Crippen molar-refractivity contribution in [3.05, 3.63) is 23.8 Å². The van der Waals surface area contributed by atoms with Crippen LogP contribution in [0.5, 0.6) is 0 Å². The molecule has 1 rings (SSSR count). The van der Waals surface area contributed by atoms with Crippen LogP contribution in [-0.4, -0.2) is 13.2 Å². The first-order valence-electron chi connectivity index (χ1n) is 3.14. The van der Waals surface area contributed by atoms with Gasteiger partial charge in [0.05, 0.1) is 0 Å². The van der Waals surface area contributed by atoms with Crippen molar-refractivity contribution in [1.82, 2.24) is 0 Å². The summed E-state index contributed by atoms with van der Waals surface area (Å²) in [6.45, 7) is 2.03. The van der Waals surface area contributed by atoms with Crippen LogP contribution in [0.2, 0.25) is 0 Å². The van der Waals surface area contributed by atoms with Crippen LogP contribution in [0.4, 0.5) is 0 Å². The number of ether oxygens (including phenoxy) is 1. The van der Waals surface area contributed by atoms with Crippen LogP contribution in [0, 0.1) is 6.08 Å². The van der Waals surface area contributed by atoms with Gasteiger partial charge < -0.3 is 4.74 Å². The van der Waals surface area contributed by atoms with Gasteiger partial charge in [-0.3, -0.25) is 6.08 Å². The molecule has 1 atom stereocenters. The Morgan fingerprint density at radius 1 is 1.38 bits per heavy atom. The summed E-state index contributed by atoms with van der Waals surface area (Å²) in [7, 11) is 1.71. The van der Waals surface area contributed by atoms with E-state index in [9.17, 15) is 0 Å². The molecule has 0 aromatic heterocycles. The molecule has 5 heteroatoms. The van der Waals surface area contributed by atoms with E-state index in [1.54, 1.807) is 7.11 Å². The number of methoxy groups -OCH3 is 1. The van der Waals surface area contributed by atoms with Crippen molar-refractivity contribution in [2.75, 3.05) is 7.11 Å². The largest absolute Gasteiger partial charge is 0.380 e. The predicted octanol–water partition coefficient (Wildman–Crippen LogP) is 2.97. The molecule has 0 spiro atoms. The summed E-state index contributed by atoms with van der Waals surface area (Å²) in [4.78, 5) is 0. The standard InChI is InChI=1S/C8H11O.3ClH.Ti/c1-7(9-2)8-5-3-4-6-8;;;;/h3,5,7H,4H2,1-2H3;3*1H;/q-1;;;;. The van der Waals surface area contributed by atoms with Crippen molar-refractivity contribution in [2.24, 2.45) is 0 Å². The molecule has 1 nitrogen and oxygen atoms in total. The number of halogens is 3. The molecule has 1 aliphatic carbocycles. The molecule has 0 heterocycles. The summed E-state index contributed by atoms with van der Waals surface area (Å²) in [5.41, 5.74) is 1.18. The topological polar surface area (TPSA) is 9.23 Å². The summed E-state index contributed by atoms with van der Waals surface area (Å²) in [6, 6.07) is 0. The van der Waals surface area contributed by atoms with Crippen molar-refractivity contribution >= 4 is 37.2 Å². The van der Waals surface area contributed by atoms with Crippen molar-refractivity contribution in [1.29, 1.82) is 0 Å². The van der Waals surface area contributed by atoms with Gasteiger partial charge >= 0.3 is 0 Å². The average Bonchev–Trinajstić information content (AvgIpc) is 2.37. The van der Waals surface area contributed by atoms with Gasteiger partial charge in [0, 0.05) is 34.9 Å². The van der Waals surface area contributed by atoms with Crippen LogP contribution in [0.25, 0.3) is 0 Å². The molecule has 0 amide bonds. The van der Waals surface area contributed by atoms with Crippen LogP contribution >= 0.6 is 37.2 Å². The Balaban J connectivity index is -0.000000101. The second-order valence-electron chi connectivity index (χ2n) is 2.12. The molecule has 78 valence electrons. The first-order valence-corrected chi connectivity index (χ1v) is 3.14. The van der Waals surface area contributed by atoms with Gasteiger partial charge in [-0.15, -0.1) is 43.6 Å². The fourth-order valence-electron chi connectivity index (χ4n) is 0.828. The van der Waals surface area contributed by atoms with Gasteiger partial charge in [0.25, 0.3) is 0 Å². The van der Waals surface area contributed by atoms with Gasteiger partial charge in [0.15, 0.2) is 0 Å². The van der Waals surface area contributed by atoms with E-state index in [0.717, 1.165) is 6.42 Å². The Kier molecular flexibility index (Phi) is 23.7. The van der Waals surface area contributed by atoms with E-state index in [4.69, 9.17) is 4.74 Å². The Labute approximate surface area is 113 Å². The molecule has 0 radical (unpaired) electrons. The number of rotatable bonds is 2. The maximum atomic E-state index is 5.08. The molecule has 13 heavy (non-hydrogen) atoms. The number of allylic oxidation sites excluding steroid dienone is 2. The molecule has 0 aromatic rings. The maximum Gasteiger partial charge on any atom is 0.0463 e. The smallest absolute Gasteiger partial charge is 0.0463 e. The summed E-state index contributed by atoms with van der Waals surface area (Å²) in [5.74, 6) is 0. The van der Waals surface area contributed by atoms with E-state index >= 15 is 0 Å². The third-order valence-electron chi connectivity index (χ3n) is 1.51. The Morgan fingerprint density at radius 2 is 1.92 bits per heavy atom. The van der Waals surface area contributed by atoms with E-state index < -0.39 is 0 Å². The molecule has 0 fully saturated rings. The Bertz CT molecular complexity index is 159. The summed E-state index contributed by atoms with van der Waals surface area (Å²) < 4.78 is 5.08. The first-order chi connectivity index (χ1) is 4.34. The van der Waals surface area contributed by atoms with Crippen LogP contribution < -0.4 is 0 Å². The van der Waals surface area contributed by atoms with Gasteiger partial charge in [-0.1, -0.05) is 0 Å². The zero-order valence-corrected chi connectivity index (χ0v) is 11.6. The first kappa shape index (κ1) is 23.7. The minimum Gasteiger partial charge on any atom is -0.380 e. The van der Waals surface area contributed by atoms with Gasteiger partial charge in [0.2, 0.25) is 0 Å². The van der Waals surface area contributed by atoms with E-state index in [1.165, 1.54) is 5.57 Å². The fraction of sp³-hybridized carbons (Fsp3) is 0.500. The number of hydrogen-bond acceptors (Lipinski definition) is 1. The third kappa shape index (κ3) is 8.05. The zero-order valence-electron chi connectivity index (χ0n) is 7.57. The average molecular weight is 280 g/mol. The molecule has 0 N–H and O–H groups in total. The summed E-state index contributed by atoms with van der Waals surface area (Å²) in [6.07, 6.45) is 8.50. The van der Waals surface area contributed by atoms with E-state index in [0.29, 0.717) is 0 Å². The van der Waals surface area contributed by atoms with Crippen molar-refractivity contribution < 1.29 is 26.5 Å². The quantitative estimate of drug-likeness (QED) is 0.558. The van der Waals surface area contributed by atoms with E-state index in [-0.39, 0.29) is 65.0 Å². The van der Waals surface area contributed by atoms with Gasteiger partial charge in [-0.05, 0) is 6.92 Å². The molecular weight excluding hydrogens is 266 g/mol. The molecule has 0 saturated heterocycles. The Morgan fingerprint density at radius 3 is 2.23 bits per heavy atom. The SMILES string of the molecule is COC(C)C1=[C-]CC=C1.Cl.Cl.Cl.[Ti]. The molecule has 0 aliphatic heterocycles. The molecule has 0 bridgehead atoms. The minimum atomic E-state index is 0. The molecule has 0 aromatic carbocycles. The second kappa shape index (κ2) is 13.0. The maximum absolute atomic E-state index is 5.08.